The summed E-state index contributed by atoms with van der Waals surface area (Å²) in [6, 6.07) is 10.8. The van der Waals surface area contributed by atoms with Crippen LogP contribution in [0.5, 0.6) is 11.5 Å². The highest BCUT2D eigenvalue weighted by molar-refractivity contribution is 9.10. The van der Waals surface area contributed by atoms with Gasteiger partial charge in [0.25, 0.3) is 0 Å². The molecule has 0 amide bonds. The number of aryl methyl sites for hydroxylation is 1. The molecule has 0 aliphatic heterocycles. The van der Waals surface area contributed by atoms with Crippen LogP contribution in [0.15, 0.2) is 40.9 Å². The van der Waals surface area contributed by atoms with E-state index in [1.54, 1.807) is 38.5 Å². The predicted octanol–water partition coefficient (Wildman–Crippen LogP) is 4.01. The topological polar surface area (TPSA) is 35.5 Å². The number of hydrogen-bond donors (Lipinski definition) is 0. The minimum absolute atomic E-state index is 0.0606. The van der Waals surface area contributed by atoms with Gasteiger partial charge >= 0.3 is 0 Å². The van der Waals surface area contributed by atoms with Gasteiger partial charge in [0.1, 0.15) is 11.5 Å². The van der Waals surface area contributed by atoms with E-state index in [9.17, 15) is 4.79 Å². The number of ketones is 1. The summed E-state index contributed by atoms with van der Waals surface area (Å²) in [5.74, 6) is 1.23. The van der Waals surface area contributed by atoms with Gasteiger partial charge in [-0.3, -0.25) is 4.79 Å². The predicted molar refractivity (Wildman–Crippen MR) is 81.9 cm³/mol. The van der Waals surface area contributed by atoms with Crippen molar-refractivity contribution in [2.45, 2.75) is 6.92 Å². The zero-order valence-electron chi connectivity index (χ0n) is 11.6. The summed E-state index contributed by atoms with van der Waals surface area (Å²) in [6.07, 6.45) is 0. The van der Waals surface area contributed by atoms with Crippen molar-refractivity contribution < 1.29 is 14.3 Å². The lowest BCUT2D eigenvalue weighted by Crippen LogP contribution is -2.06. The fourth-order valence-electron chi connectivity index (χ4n) is 2.02. The van der Waals surface area contributed by atoms with Gasteiger partial charge in [-0.15, -0.1) is 0 Å². The van der Waals surface area contributed by atoms with Gasteiger partial charge < -0.3 is 9.47 Å². The molecule has 4 heteroatoms. The van der Waals surface area contributed by atoms with Gasteiger partial charge in [0.05, 0.1) is 19.8 Å². The van der Waals surface area contributed by atoms with Gasteiger partial charge in [0.2, 0.25) is 0 Å². The van der Waals surface area contributed by atoms with Gasteiger partial charge in [-0.2, -0.15) is 0 Å². The molecule has 0 unspecified atom stereocenters. The first-order valence-corrected chi connectivity index (χ1v) is 6.89. The van der Waals surface area contributed by atoms with Crippen molar-refractivity contribution >= 4 is 21.7 Å². The second-order valence-electron chi connectivity index (χ2n) is 4.35. The molecule has 2 aromatic carbocycles. The van der Waals surface area contributed by atoms with Gasteiger partial charge in [-0.25, -0.2) is 0 Å². The maximum absolute atomic E-state index is 12.6. The third-order valence-corrected chi connectivity index (χ3v) is 3.58. The second kappa shape index (κ2) is 6.09. The van der Waals surface area contributed by atoms with Crippen LogP contribution in [0.25, 0.3) is 0 Å². The Morgan fingerprint density at radius 1 is 1.00 bits per heavy atom. The molecule has 2 aromatic rings. The molecule has 0 N–H and O–H groups in total. The summed E-state index contributed by atoms with van der Waals surface area (Å²) >= 11 is 3.37. The van der Waals surface area contributed by atoms with E-state index in [2.05, 4.69) is 15.9 Å². The summed E-state index contributed by atoms with van der Waals surface area (Å²) in [5, 5.41) is 0. The summed E-state index contributed by atoms with van der Waals surface area (Å²) in [6.45, 7) is 1.89. The van der Waals surface area contributed by atoms with E-state index in [4.69, 9.17) is 9.47 Å². The van der Waals surface area contributed by atoms with E-state index in [0.29, 0.717) is 16.9 Å². The number of benzene rings is 2. The SMILES string of the molecule is COc1ccc(C(=O)c2ccc(Br)cc2OC)c(C)c1. The molecule has 0 saturated heterocycles. The maximum atomic E-state index is 12.6. The van der Waals surface area contributed by atoms with Crippen molar-refractivity contribution in [2.24, 2.45) is 0 Å². The van der Waals surface area contributed by atoms with Crippen molar-refractivity contribution in [3.8, 4) is 11.5 Å². The largest absolute Gasteiger partial charge is 0.497 e. The first kappa shape index (κ1) is 14.6. The van der Waals surface area contributed by atoms with Gasteiger partial charge in [0.15, 0.2) is 5.78 Å². The van der Waals surface area contributed by atoms with E-state index in [1.807, 2.05) is 19.1 Å². The van der Waals surface area contributed by atoms with Crippen LogP contribution in [-0.2, 0) is 0 Å². The van der Waals surface area contributed by atoms with Crippen molar-refractivity contribution in [3.05, 3.63) is 57.6 Å². The number of ether oxygens (including phenoxy) is 2. The molecule has 20 heavy (non-hydrogen) atoms. The molecule has 104 valence electrons. The lowest BCUT2D eigenvalue weighted by Gasteiger charge is -2.11. The highest BCUT2D eigenvalue weighted by atomic mass is 79.9. The standard InChI is InChI=1S/C16H15BrO3/c1-10-8-12(19-2)5-7-13(10)16(18)14-6-4-11(17)9-15(14)20-3/h4-9H,1-3H3. The lowest BCUT2D eigenvalue weighted by molar-refractivity contribution is 0.103. The number of carbonyl (C=O) groups is 1. The van der Waals surface area contributed by atoms with Crippen LogP contribution in [0.2, 0.25) is 0 Å². The Labute approximate surface area is 126 Å². The third kappa shape index (κ3) is 2.85. The van der Waals surface area contributed by atoms with Crippen molar-refractivity contribution in [1.29, 1.82) is 0 Å². The van der Waals surface area contributed by atoms with Gasteiger partial charge in [-0.05, 0) is 48.9 Å². The minimum atomic E-state index is -0.0606. The molecule has 3 nitrogen and oxygen atoms in total. The van der Waals surface area contributed by atoms with Crippen LogP contribution < -0.4 is 9.47 Å². The summed E-state index contributed by atoms with van der Waals surface area (Å²) in [7, 11) is 3.16. The molecule has 0 aliphatic rings. The normalized spacial score (nSPS) is 10.2. The van der Waals surface area contributed by atoms with Crippen LogP contribution in [-0.4, -0.2) is 20.0 Å². The van der Waals surface area contributed by atoms with Crippen LogP contribution in [0, 0.1) is 6.92 Å². The number of carbonyl (C=O) groups excluding carboxylic acids is 1. The third-order valence-electron chi connectivity index (χ3n) is 3.09. The van der Waals surface area contributed by atoms with E-state index in [0.717, 1.165) is 15.8 Å². The zero-order chi connectivity index (χ0) is 14.7. The van der Waals surface area contributed by atoms with E-state index >= 15 is 0 Å². The van der Waals surface area contributed by atoms with Crippen LogP contribution in [0.3, 0.4) is 0 Å². The van der Waals surface area contributed by atoms with Crippen molar-refractivity contribution in [3.63, 3.8) is 0 Å². The average Bonchev–Trinajstić information content (AvgIpc) is 2.46. The minimum Gasteiger partial charge on any atom is -0.497 e. The Morgan fingerprint density at radius 3 is 2.30 bits per heavy atom. The smallest absolute Gasteiger partial charge is 0.197 e. The van der Waals surface area contributed by atoms with Gasteiger partial charge in [-0.1, -0.05) is 15.9 Å². The highest BCUT2D eigenvalue weighted by Gasteiger charge is 2.17. The first-order valence-electron chi connectivity index (χ1n) is 6.09. The van der Waals surface area contributed by atoms with Crippen molar-refractivity contribution in [2.75, 3.05) is 14.2 Å². The Bertz CT molecular complexity index is 650. The second-order valence-corrected chi connectivity index (χ2v) is 5.27. The molecule has 0 saturated carbocycles. The highest BCUT2D eigenvalue weighted by Crippen LogP contribution is 2.27. The Balaban J connectivity index is 2.46. The fourth-order valence-corrected chi connectivity index (χ4v) is 2.36. The summed E-state index contributed by atoms with van der Waals surface area (Å²) in [5.41, 5.74) is 2.06. The molecule has 2 rings (SSSR count). The Hall–Kier alpha value is -1.81. The molecule has 0 bridgehead atoms. The molecule has 0 fully saturated rings. The summed E-state index contributed by atoms with van der Waals surface area (Å²) in [4.78, 5) is 12.6. The molecule has 0 aromatic heterocycles. The zero-order valence-corrected chi connectivity index (χ0v) is 13.2. The van der Waals surface area contributed by atoms with Crippen LogP contribution in [0.1, 0.15) is 21.5 Å². The van der Waals surface area contributed by atoms with E-state index < -0.39 is 0 Å². The van der Waals surface area contributed by atoms with E-state index in [-0.39, 0.29) is 5.78 Å². The monoisotopic (exact) mass is 334 g/mol. The van der Waals surface area contributed by atoms with Crippen LogP contribution >= 0.6 is 15.9 Å². The number of halogens is 1. The molecule has 0 aliphatic carbocycles. The van der Waals surface area contributed by atoms with E-state index in [1.165, 1.54) is 0 Å². The fraction of sp³-hybridized carbons (Fsp3) is 0.188. The number of rotatable bonds is 4. The van der Waals surface area contributed by atoms with Gasteiger partial charge in [0, 0.05) is 10.0 Å². The molecular weight excluding hydrogens is 320 g/mol. The molecule has 0 radical (unpaired) electrons. The number of hydrogen-bond acceptors (Lipinski definition) is 3. The maximum Gasteiger partial charge on any atom is 0.197 e. The quantitative estimate of drug-likeness (QED) is 0.792. The lowest BCUT2D eigenvalue weighted by atomic mass is 9.98. The number of methoxy groups -OCH3 is 2. The molecule has 0 atom stereocenters. The first-order chi connectivity index (χ1) is 9.56. The average molecular weight is 335 g/mol. The Morgan fingerprint density at radius 2 is 1.70 bits per heavy atom. The molecule has 0 heterocycles. The summed E-state index contributed by atoms with van der Waals surface area (Å²) < 4.78 is 11.3. The van der Waals surface area contributed by atoms with Crippen molar-refractivity contribution in [1.82, 2.24) is 0 Å². The van der Waals surface area contributed by atoms with Crippen LogP contribution in [0.4, 0.5) is 0 Å². The Kier molecular flexibility index (Phi) is 4.45. The molecular formula is C16H15BrO3. The molecule has 0 spiro atoms.